The standard InChI is InChI=1S/C19H16ClN5O2/c1-10(2)16-18-19(24-23-16)21-15-8-7-11(25(26)27)9-13(15)17(22-18)12-5-3-4-6-14(12)20/h3-10H,1-2H3,(H2,21,23,24). The average molecular weight is 382 g/mol. The quantitative estimate of drug-likeness (QED) is 0.370. The maximum absolute atomic E-state index is 11.3. The molecule has 0 bridgehead atoms. The van der Waals surface area contributed by atoms with Crippen LogP contribution < -0.4 is 5.32 Å². The lowest BCUT2D eigenvalue weighted by molar-refractivity contribution is -0.384. The van der Waals surface area contributed by atoms with E-state index in [0.29, 0.717) is 39.1 Å². The van der Waals surface area contributed by atoms with Gasteiger partial charge in [0, 0.05) is 34.0 Å². The minimum atomic E-state index is -0.423. The molecule has 1 aromatic heterocycles. The number of hydrogen-bond acceptors (Lipinski definition) is 5. The molecule has 0 spiro atoms. The molecule has 0 aliphatic carbocycles. The van der Waals surface area contributed by atoms with E-state index in [1.54, 1.807) is 12.1 Å². The Kier molecular flexibility index (Phi) is 4.16. The fourth-order valence-corrected chi connectivity index (χ4v) is 3.29. The summed E-state index contributed by atoms with van der Waals surface area (Å²) < 4.78 is 0. The van der Waals surface area contributed by atoms with Crippen molar-refractivity contribution in [3.05, 3.63) is 74.4 Å². The molecule has 2 aromatic carbocycles. The summed E-state index contributed by atoms with van der Waals surface area (Å²) in [5.41, 5.74) is 4.09. The van der Waals surface area contributed by atoms with Crippen LogP contribution >= 0.6 is 11.6 Å². The first kappa shape index (κ1) is 17.2. The number of nitro benzene ring substituents is 1. The summed E-state index contributed by atoms with van der Waals surface area (Å²) in [6.45, 7) is 4.09. The van der Waals surface area contributed by atoms with Crippen LogP contribution in [0.4, 0.5) is 22.9 Å². The van der Waals surface area contributed by atoms with Crippen molar-refractivity contribution >= 4 is 40.2 Å². The number of nitrogens with zero attached hydrogens (tertiary/aromatic N) is 3. The highest BCUT2D eigenvalue weighted by Crippen LogP contribution is 2.40. The predicted molar refractivity (Wildman–Crippen MR) is 106 cm³/mol. The van der Waals surface area contributed by atoms with Crippen molar-refractivity contribution in [2.45, 2.75) is 19.8 Å². The fourth-order valence-electron chi connectivity index (χ4n) is 3.06. The van der Waals surface area contributed by atoms with Gasteiger partial charge in [-0.25, -0.2) is 4.99 Å². The van der Waals surface area contributed by atoms with Gasteiger partial charge < -0.3 is 5.32 Å². The molecule has 0 saturated heterocycles. The zero-order valence-electron chi connectivity index (χ0n) is 14.7. The summed E-state index contributed by atoms with van der Waals surface area (Å²) in [6, 6.07) is 11.9. The normalized spacial score (nSPS) is 12.7. The Hall–Kier alpha value is -3.19. The van der Waals surface area contributed by atoms with Crippen molar-refractivity contribution < 1.29 is 4.92 Å². The minimum absolute atomic E-state index is 0.0134. The van der Waals surface area contributed by atoms with Gasteiger partial charge in [0.2, 0.25) is 0 Å². The second kappa shape index (κ2) is 6.51. The minimum Gasteiger partial charge on any atom is -0.336 e. The average Bonchev–Trinajstić information content (AvgIpc) is 2.96. The van der Waals surface area contributed by atoms with Crippen LogP contribution in [0.2, 0.25) is 5.02 Å². The van der Waals surface area contributed by atoms with Gasteiger partial charge in [0.1, 0.15) is 5.69 Å². The number of nitro groups is 1. The highest BCUT2D eigenvalue weighted by Gasteiger charge is 2.25. The van der Waals surface area contributed by atoms with Gasteiger partial charge in [-0.1, -0.05) is 43.6 Å². The van der Waals surface area contributed by atoms with E-state index < -0.39 is 4.92 Å². The lowest BCUT2D eigenvalue weighted by Crippen LogP contribution is -2.07. The molecule has 0 amide bonds. The Morgan fingerprint density at radius 2 is 1.93 bits per heavy atom. The zero-order chi connectivity index (χ0) is 19.1. The van der Waals surface area contributed by atoms with E-state index in [1.165, 1.54) is 12.1 Å². The first-order valence-electron chi connectivity index (χ1n) is 8.43. The highest BCUT2D eigenvalue weighted by molar-refractivity contribution is 6.36. The number of nitrogens with one attached hydrogen (secondary N) is 2. The third-order valence-electron chi connectivity index (χ3n) is 4.42. The molecule has 0 fully saturated rings. The van der Waals surface area contributed by atoms with Crippen LogP contribution in [0, 0.1) is 10.1 Å². The Bertz CT molecular complexity index is 1090. The van der Waals surface area contributed by atoms with Gasteiger partial charge in [0.25, 0.3) is 5.69 Å². The van der Waals surface area contributed by atoms with Gasteiger partial charge in [0.05, 0.1) is 16.3 Å². The molecule has 27 heavy (non-hydrogen) atoms. The van der Waals surface area contributed by atoms with Crippen LogP contribution in [0.3, 0.4) is 0 Å². The summed E-state index contributed by atoms with van der Waals surface area (Å²) >= 11 is 6.42. The van der Waals surface area contributed by atoms with Crippen LogP contribution in [-0.4, -0.2) is 20.8 Å². The fraction of sp³-hybridized carbons (Fsp3) is 0.158. The van der Waals surface area contributed by atoms with E-state index in [1.807, 2.05) is 32.0 Å². The molecule has 2 heterocycles. The van der Waals surface area contributed by atoms with Gasteiger partial charge in [0.15, 0.2) is 5.82 Å². The van der Waals surface area contributed by atoms with Gasteiger partial charge in [-0.15, -0.1) is 0 Å². The van der Waals surface area contributed by atoms with E-state index in [2.05, 4.69) is 15.5 Å². The number of aromatic nitrogens is 2. The molecule has 3 aromatic rings. The Morgan fingerprint density at radius 1 is 1.15 bits per heavy atom. The molecule has 136 valence electrons. The van der Waals surface area contributed by atoms with E-state index in [-0.39, 0.29) is 11.6 Å². The molecule has 0 unspecified atom stereocenters. The van der Waals surface area contributed by atoms with Crippen molar-refractivity contribution in [1.29, 1.82) is 0 Å². The number of non-ortho nitro benzene ring substituents is 1. The van der Waals surface area contributed by atoms with Gasteiger partial charge in [-0.3, -0.25) is 15.2 Å². The predicted octanol–water partition coefficient (Wildman–Crippen LogP) is 5.32. The third kappa shape index (κ3) is 2.96. The van der Waals surface area contributed by atoms with Gasteiger partial charge in [-0.2, -0.15) is 5.10 Å². The summed E-state index contributed by atoms with van der Waals surface area (Å²) in [5, 5.41) is 22.4. The number of H-pyrrole nitrogens is 1. The summed E-state index contributed by atoms with van der Waals surface area (Å²) in [7, 11) is 0. The molecule has 0 saturated carbocycles. The maximum Gasteiger partial charge on any atom is 0.270 e. The molecule has 0 radical (unpaired) electrons. The number of anilines is 2. The van der Waals surface area contributed by atoms with Crippen LogP contribution in [-0.2, 0) is 0 Å². The Balaban J connectivity index is 2.03. The molecule has 1 aliphatic heterocycles. The van der Waals surface area contributed by atoms with Crippen molar-refractivity contribution in [1.82, 2.24) is 10.2 Å². The highest BCUT2D eigenvalue weighted by atomic mass is 35.5. The lowest BCUT2D eigenvalue weighted by atomic mass is 9.99. The van der Waals surface area contributed by atoms with Crippen molar-refractivity contribution in [2.75, 3.05) is 5.32 Å². The van der Waals surface area contributed by atoms with E-state index >= 15 is 0 Å². The number of aliphatic imine (C=N–C) groups is 1. The van der Waals surface area contributed by atoms with E-state index in [4.69, 9.17) is 16.6 Å². The van der Waals surface area contributed by atoms with Crippen LogP contribution in [0.1, 0.15) is 36.6 Å². The van der Waals surface area contributed by atoms with Crippen LogP contribution in [0.5, 0.6) is 0 Å². The number of hydrogen-bond donors (Lipinski definition) is 2. The summed E-state index contributed by atoms with van der Waals surface area (Å²) in [6.07, 6.45) is 0. The summed E-state index contributed by atoms with van der Waals surface area (Å²) in [5.74, 6) is 0.755. The topological polar surface area (TPSA) is 96.2 Å². The second-order valence-electron chi connectivity index (χ2n) is 6.54. The molecular weight excluding hydrogens is 366 g/mol. The van der Waals surface area contributed by atoms with E-state index in [9.17, 15) is 10.1 Å². The lowest BCUT2D eigenvalue weighted by Gasteiger charge is -2.11. The Labute approximate surface area is 160 Å². The monoisotopic (exact) mass is 381 g/mol. The van der Waals surface area contributed by atoms with Crippen molar-refractivity contribution in [2.24, 2.45) is 4.99 Å². The van der Waals surface area contributed by atoms with Crippen LogP contribution in [0.25, 0.3) is 0 Å². The Morgan fingerprint density at radius 3 is 2.63 bits per heavy atom. The number of fused-ring (bicyclic) bond motifs is 2. The van der Waals surface area contributed by atoms with E-state index in [0.717, 1.165) is 5.69 Å². The molecule has 8 heteroatoms. The SMILES string of the molecule is CC(C)c1[nH]nc2c1N=C(c1ccccc1Cl)c1cc([N+](=O)[O-])ccc1N2. The van der Waals surface area contributed by atoms with Gasteiger partial charge >= 0.3 is 0 Å². The third-order valence-corrected chi connectivity index (χ3v) is 4.75. The first-order valence-corrected chi connectivity index (χ1v) is 8.81. The number of aromatic amines is 1. The van der Waals surface area contributed by atoms with Crippen molar-refractivity contribution in [3.8, 4) is 0 Å². The maximum atomic E-state index is 11.3. The first-order chi connectivity index (χ1) is 13.0. The molecule has 0 atom stereocenters. The molecular formula is C19H16ClN5O2. The molecule has 2 N–H and O–H groups in total. The molecule has 4 rings (SSSR count). The zero-order valence-corrected chi connectivity index (χ0v) is 15.4. The molecule has 7 nitrogen and oxygen atoms in total. The smallest absolute Gasteiger partial charge is 0.270 e. The van der Waals surface area contributed by atoms with Crippen LogP contribution in [0.15, 0.2) is 47.5 Å². The summed E-state index contributed by atoms with van der Waals surface area (Å²) in [4.78, 5) is 15.7. The molecule has 1 aliphatic rings. The number of benzene rings is 2. The number of rotatable bonds is 3. The van der Waals surface area contributed by atoms with Crippen molar-refractivity contribution in [3.63, 3.8) is 0 Å². The second-order valence-corrected chi connectivity index (χ2v) is 6.95. The van der Waals surface area contributed by atoms with Gasteiger partial charge in [-0.05, 0) is 18.1 Å². The number of halogens is 1. The largest absolute Gasteiger partial charge is 0.336 e.